The summed E-state index contributed by atoms with van der Waals surface area (Å²) in [6.45, 7) is 4.71. The van der Waals surface area contributed by atoms with E-state index >= 15 is 0 Å². The third-order valence-corrected chi connectivity index (χ3v) is 5.59. The Morgan fingerprint density at radius 2 is 2.12 bits per heavy atom. The largest absolute Gasteiger partial charge is 0.464 e. The second-order valence-corrected chi connectivity index (χ2v) is 8.20. The Hall–Kier alpha value is -0.810. The lowest BCUT2D eigenvalue weighted by atomic mass is 9.86. The normalized spacial score (nSPS) is 16.7. The molecule has 1 atom stereocenters. The van der Waals surface area contributed by atoms with Crippen LogP contribution in [0.2, 0.25) is 0 Å². The molecule has 9 heteroatoms. The van der Waals surface area contributed by atoms with Gasteiger partial charge in [0.1, 0.15) is 11.5 Å². The molecular formula is C16H29IN4O3S. The smallest absolute Gasteiger partial charge is 0.213 e. The molecule has 0 spiro atoms. The van der Waals surface area contributed by atoms with Crippen molar-refractivity contribution in [2.45, 2.75) is 39.2 Å². The summed E-state index contributed by atoms with van der Waals surface area (Å²) in [5.74, 6) is 2.75. The molecule has 0 amide bonds. The number of nitrogens with zero attached hydrogens (tertiary/aromatic N) is 1. The zero-order valence-electron chi connectivity index (χ0n) is 15.0. The highest BCUT2D eigenvalue weighted by molar-refractivity contribution is 14.0. The quantitative estimate of drug-likeness (QED) is 0.299. The van der Waals surface area contributed by atoms with Crippen molar-refractivity contribution >= 4 is 40.0 Å². The lowest BCUT2D eigenvalue weighted by Crippen LogP contribution is -2.42. The Morgan fingerprint density at radius 3 is 2.64 bits per heavy atom. The molecule has 0 saturated heterocycles. The number of aryl methyl sites for hydroxylation is 1. The van der Waals surface area contributed by atoms with Crippen LogP contribution in [-0.4, -0.2) is 40.3 Å². The van der Waals surface area contributed by atoms with Crippen LogP contribution in [0.1, 0.15) is 43.7 Å². The molecule has 0 aromatic carbocycles. The van der Waals surface area contributed by atoms with E-state index in [4.69, 9.17) is 4.42 Å². The highest BCUT2D eigenvalue weighted by Crippen LogP contribution is 2.25. The minimum atomic E-state index is -3.25. The van der Waals surface area contributed by atoms with Crippen LogP contribution in [-0.2, 0) is 10.0 Å². The molecule has 1 fully saturated rings. The predicted molar refractivity (Wildman–Crippen MR) is 111 cm³/mol. The van der Waals surface area contributed by atoms with E-state index in [1.807, 2.05) is 26.0 Å². The monoisotopic (exact) mass is 484 g/mol. The van der Waals surface area contributed by atoms with Gasteiger partial charge in [-0.2, -0.15) is 0 Å². The molecule has 1 saturated carbocycles. The number of halogens is 1. The Bertz CT molecular complexity index is 656. The van der Waals surface area contributed by atoms with Crippen LogP contribution < -0.4 is 15.4 Å². The molecule has 1 heterocycles. The van der Waals surface area contributed by atoms with Gasteiger partial charge in [0, 0.05) is 20.1 Å². The summed E-state index contributed by atoms with van der Waals surface area (Å²) in [5, 5.41) is 6.21. The van der Waals surface area contributed by atoms with Gasteiger partial charge in [0.05, 0.1) is 11.8 Å². The number of sulfonamides is 1. The van der Waals surface area contributed by atoms with Gasteiger partial charge in [-0.3, -0.25) is 4.99 Å². The van der Waals surface area contributed by atoms with Crippen molar-refractivity contribution in [3.8, 4) is 0 Å². The molecule has 0 radical (unpaired) electrons. The molecule has 1 unspecified atom stereocenters. The summed E-state index contributed by atoms with van der Waals surface area (Å²) in [6, 6.07) is 3.76. The van der Waals surface area contributed by atoms with Crippen LogP contribution in [0.4, 0.5) is 0 Å². The summed E-state index contributed by atoms with van der Waals surface area (Å²) in [7, 11) is -1.60. The zero-order valence-corrected chi connectivity index (χ0v) is 18.2. The number of furan rings is 1. The summed E-state index contributed by atoms with van der Waals surface area (Å²) in [6.07, 6.45) is 3.46. The SMILES string of the molecule is CN=C(NCCS(=O)(=O)NCC1CCC1)NC(C)c1ccc(C)o1.I. The Labute approximate surface area is 167 Å². The van der Waals surface area contributed by atoms with Crippen molar-refractivity contribution in [1.82, 2.24) is 15.4 Å². The van der Waals surface area contributed by atoms with E-state index in [2.05, 4.69) is 20.3 Å². The molecular weight excluding hydrogens is 455 g/mol. The molecule has 7 nitrogen and oxygen atoms in total. The molecule has 1 aliphatic rings. The lowest BCUT2D eigenvalue weighted by molar-refractivity contribution is 0.316. The zero-order chi connectivity index (χ0) is 17.6. The standard InChI is InChI=1S/C16H28N4O3S.HI/c1-12-7-8-15(23-12)13(2)20-16(17-3)18-9-10-24(21,22)19-11-14-5-4-6-14;/h7-8,13-14,19H,4-6,9-11H2,1-3H3,(H2,17,18,20);1H. The summed E-state index contributed by atoms with van der Waals surface area (Å²) < 4.78 is 32.2. The van der Waals surface area contributed by atoms with Gasteiger partial charge < -0.3 is 15.1 Å². The minimum Gasteiger partial charge on any atom is -0.464 e. The van der Waals surface area contributed by atoms with Crippen molar-refractivity contribution in [3.05, 3.63) is 23.7 Å². The maximum Gasteiger partial charge on any atom is 0.213 e. The van der Waals surface area contributed by atoms with Gasteiger partial charge in [0.15, 0.2) is 5.96 Å². The van der Waals surface area contributed by atoms with Gasteiger partial charge in [-0.1, -0.05) is 6.42 Å². The number of nitrogens with one attached hydrogen (secondary N) is 3. The summed E-state index contributed by atoms with van der Waals surface area (Å²) >= 11 is 0. The van der Waals surface area contributed by atoms with Gasteiger partial charge in [-0.25, -0.2) is 13.1 Å². The van der Waals surface area contributed by atoms with Crippen molar-refractivity contribution in [1.29, 1.82) is 0 Å². The topological polar surface area (TPSA) is 95.7 Å². The van der Waals surface area contributed by atoms with Crippen molar-refractivity contribution in [2.24, 2.45) is 10.9 Å². The molecule has 144 valence electrons. The van der Waals surface area contributed by atoms with Crippen LogP contribution >= 0.6 is 24.0 Å². The maximum absolute atomic E-state index is 12.0. The second-order valence-electron chi connectivity index (χ2n) is 6.28. The van der Waals surface area contributed by atoms with E-state index in [1.165, 1.54) is 6.42 Å². The van der Waals surface area contributed by atoms with Gasteiger partial charge in [0.25, 0.3) is 0 Å². The first-order valence-corrected chi connectivity index (χ1v) is 10.1. The van der Waals surface area contributed by atoms with Crippen molar-refractivity contribution < 1.29 is 12.8 Å². The highest BCUT2D eigenvalue weighted by atomic mass is 127. The maximum atomic E-state index is 12.0. The third-order valence-electron chi connectivity index (χ3n) is 4.24. The number of aliphatic imine (C=N–C) groups is 1. The first-order valence-electron chi connectivity index (χ1n) is 8.40. The van der Waals surface area contributed by atoms with E-state index in [0.717, 1.165) is 24.4 Å². The van der Waals surface area contributed by atoms with Crippen molar-refractivity contribution in [3.63, 3.8) is 0 Å². The summed E-state index contributed by atoms with van der Waals surface area (Å²) in [4.78, 5) is 4.11. The van der Waals surface area contributed by atoms with Crippen molar-refractivity contribution in [2.75, 3.05) is 25.9 Å². The molecule has 25 heavy (non-hydrogen) atoms. The first-order chi connectivity index (χ1) is 11.4. The molecule has 0 aliphatic heterocycles. The van der Waals surface area contributed by atoms with E-state index < -0.39 is 10.0 Å². The summed E-state index contributed by atoms with van der Waals surface area (Å²) in [5.41, 5.74) is 0. The average molecular weight is 484 g/mol. The van der Waals surface area contributed by atoms with E-state index in [-0.39, 0.29) is 35.8 Å². The lowest BCUT2D eigenvalue weighted by Gasteiger charge is -2.25. The van der Waals surface area contributed by atoms with Gasteiger partial charge in [0.2, 0.25) is 10.0 Å². The third kappa shape index (κ3) is 7.53. The second kappa shape index (κ2) is 10.4. The molecule has 1 aliphatic carbocycles. The number of guanidine groups is 1. The van der Waals surface area contributed by atoms with Gasteiger partial charge in [-0.15, -0.1) is 24.0 Å². The Kier molecular flexibility index (Phi) is 9.22. The molecule has 3 N–H and O–H groups in total. The van der Waals surface area contributed by atoms with Crippen LogP contribution in [0.25, 0.3) is 0 Å². The van der Waals surface area contributed by atoms with Crippen LogP contribution in [0.15, 0.2) is 21.5 Å². The minimum absolute atomic E-state index is 0. The molecule has 0 bridgehead atoms. The number of rotatable bonds is 8. The molecule has 1 aromatic heterocycles. The molecule has 1 aromatic rings. The van der Waals surface area contributed by atoms with E-state index in [1.54, 1.807) is 7.05 Å². The fraction of sp³-hybridized carbons (Fsp3) is 0.688. The van der Waals surface area contributed by atoms with Crippen LogP contribution in [0.3, 0.4) is 0 Å². The fourth-order valence-electron chi connectivity index (χ4n) is 2.47. The van der Waals surface area contributed by atoms with E-state index in [0.29, 0.717) is 25.0 Å². The first kappa shape index (κ1) is 22.2. The highest BCUT2D eigenvalue weighted by Gasteiger charge is 2.20. The number of hydrogen-bond acceptors (Lipinski definition) is 4. The van der Waals surface area contributed by atoms with Gasteiger partial charge >= 0.3 is 0 Å². The number of hydrogen-bond donors (Lipinski definition) is 3. The Balaban J connectivity index is 0.00000312. The predicted octanol–water partition coefficient (Wildman–Crippen LogP) is 2.15. The van der Waals surface area contributed by atoms with Crippen LogP contribution in [0.5, 0.6) is 0 Å². The Morgan fingerprint density at radius 1 is 1.40 bits per heavy atom. The molecule has 2 rings (SSSR count). The average Bonchev–Trinajstić information content (AvgIpc) is 2.91. The van der Waals surface area contributed by atoms with E-state index in [9.17, 15) is 8.42 Å². The van der Waals surface area contributed by atoms with Gasteiger partial charge in [-0.05, 0) is 44.7 Å². The van der Waals surface area contributed by atoms with Crippen LogP contribution in [0, 0.1) is 12.8 Å². The fourth-order valence-corrected chi connectivity index (χ4v) is 3.48.